The minimum atomic E-state index is 0.116. The van der Waals surface area contributed by atoms with Gasteiger partial charge in [-0.3, -0.25) is 9.69 Å². The third kappa shape index (κ3) is 3.96. The van der Waals surface area contributed by atoms with Gasteiger partial charge in [0.25, 0.3) is 0 Å². The van der Waals surface area contributed by atoms with Gasteiger partial charge in [-0.25, -0.2) is 4.98 Å². The average Bonchev–Trinajstić information content (AvgIpc) is 3.51. The van der Waals surface area contributed by atoms with Gasteiger partial charge >= 0.3 is 0 Å². The van der Waals surface area contributed by atoms with E-state index in [4.69, 9.17) is 0 Å². The fourth-order valence-corrected chi connectivity index (χ4v) is 3.73. The normalized spacial score (nSPS) is 19.9. The first-order chi connectivity index (χ1) is 12.6. The van der Waals surface area contributed by atoms with Crippen LogP contribution in [0.1, 0.15) is 43.7 Å². The maximum atomic E-state index is 11.9. The molecule has 2 heterocycles. The molecule has 2 aromatic rings. The highest BCUT2D eigenvalue weighted by molar-refractivity contribution is 5.93. The Hall–Kier alpha value is -2.20. The van der Waals surface area contributed by atoms with Crippen LogP contribution < -0.4 is 5.32 Å². The van der Waals surface area contributed by atoms with Crippen LogP contribution in [0.15, 0.2) is 48.7 Å². The fraction of sp³-hybridized carbons (Fsp3) is 0.455. The lowest BCUT2D eigenvalue weighted by atomic mass is 9.75. The molecule has 1 aromatic heterocycles. The second-order valence-corrected chi connectivity index (χ2v) is 8.02. The number of nitrogens with zero attached hydrogens (tertiary/aromatic N) is 2. The van der Waals surface area contributed by atoms with E-state index in [9.17, 15) is 4.79 Å². The van der Waals surface area contributed by atoms with Crippen LogP contribution in [0.25, 0.3) is 0 Å². The lowest BCUT2D eigenvalue weighted by Gasteiger charge is -2.39. The van der Waals surface area contributed by atoms with Crippen LogP contribution >= 0.6 is 0 Å². The Morgan fingerprint density at radius 3 is 2.50 bits per heavy atom. The van der Waals surface area contributed by atoms with Crippen molar-refractivity contribution in [2.24, 2.45) is 5.92 Å². The Balaban J connectivity index is 1.34. The smallest absolute Gasteiger partial charge is 0.228 e. The molecule has 1 saturated heterocycles. The fourth-order valence-electron chi connectivity index (χ4n) is 3.73. The third-order valence-corrected chi connectivity index (χ3v) is 5.87. The largest absolute Gasteiger partial charge is 0.310 e. The van der Waals surface area contributed by atoms with Crippen molar-refractivity contribution in [3.63, 3.8) is 0 Å². The van der Waals surface area contributed by atoms with E-state index >= 15 is 0 Å². The van der Waals surface area contributed by atoms with E-state index in [1.54, 1.807) is 0 Å². The third-order valence-electron chi connectivity index (χ3n) is 5.87. The van der Waals surface area contributed by atoms with Crippen LogP contribution in [0.4, 0.5) is 5.82 Å². The highest BCUT2D eigenvalue weighted by Crippen LogP contribution is 2.35. The SMILES string of the molecule is CC1(c2ccc(NC(=O)C3CC3)nc2)CCN(Cc2ccccc2)CC1. The Morgan fingerprint density at radius 1 is 1.15 bits per heavy atom. The summed E-state index contributed by atoms with van der Waals surface area (Å²) < 4.78 is 0. The minimum Gasteiger partial charge on any atom is -0.310 e. The summed E-state index contributed by atoms with van der Waals surface area (Å²) in [5, 5.41) is 2.92. The van der Waals surface area contributed by atoms with E-state index in [0.717, 1.165) is 45.3 Å². The quantitative estimate of drug-likeness (QED) is 0.888. The number of aromatic nitrogens is 1. The predicted octanol–water partition coefficient (Wildman–Crippen LogP) is 3.98. The zero-order valence-corrected chi connectivity index (χ0v) is 15.4. The minimum absolute atomic E-state index is 0.116. The standard InChI is InChI=1S/C22H27N3O/c1-22(11-13-25(14-12-22)16-17-5-3-2-4-6-17)19-9-10-20(23-15-19)24-21(26)18-7-8-18/h2-6,9-10,15,18H,7-8,11-14,16H2,1H3,(H,23,24,26). The number of nitrogens with one attached hydrogen (secondary N) is 1. The summed E-state index contributed by atoms with van der Waals surface area (Å²) in [7, 11) is 0. The van der Waals surface area contributed by atoms with Gasteiger partial charge < -0.3 is 5.32 Å². The molecule has 0 spiro atoms. The molecule has 1 aromatic carbocycles. The first-order valence-electron chi connectivity index (χ1n) is 9.66. The highest BCUT2D eigenvalue weighted by atomic mass is 16.2. The second kappa shape index (κ2) is 7.20. The lowest BCUT2D eigenvalue weighted by molar-refractivity contribution is -0.117. The van der Waals surface area contributed by atoms with Gasteiger partial charge in [-0.1, -0.05) is 43.3 Å². The van der Waals surface area contributed by atoms with Gasteiger partial charge in [0.2, 0.25) is 5.91 Å². The maximum absolute atomic E-state index is 11.9. The molecule has 4 heteroatoms. The van der Waals surface area contributed by atoms with Crippen LogP contribution in [-0.2, 0) is 16.8 Å². The van der Waals surface area contributed by atoms with Crippen molar-refractivity contribution in [2.45, 2.75) is 44.6 Å². The van der Waals surface area contributed by atoms with Crippen LogP contribution in [0.2, 0.25) is 0 Å². The summed E-state index contributed by atoms with van der Waals surface area (Å²) >= 11 is 0. The summed E-state index contributed by atoms with van der Waals surface area (Å²) in [5.74, 6) is 1.00. The van der Waals surface area contributed by atoms with Crippen LogP contribution in [0, 0.1) is 5.92 Å². The molecule has 0 bridgehead atoms. The first kappa shape index (κ1) is 17.2. The molecule has 4 rings (SSSR count). The molecule has 4 nitrogen and oxygen atoms in total. The molecule has 26 heavy (non-hydrogen) atoms. The number of rotatable bonds is 5. The van der Waals surface area contributed by atoms with Gasteiger partial charge in [-0.05, 0) is 61.4 Å². The number of pyridine rings is 1. The van der Waals surface area contributed by atoms with E-state index in [1.165, 1.54) is 11.1 Å². The molecule has 2 fully saturated rings. The molecule has 1 N–H and O–H groups in total. The number of hydrogen-bond acceptors (Lipinski definition) is 3. The summed E-state index contributed by atoms with van der Waals surface area (Å²) in [4.78, 5) is 18.9. The van der Waals surface area contributed by atoms with Crippen molar-refractivity contribution in [3.8, 4) is 0 Å². The van der Waals surface area contributed by atoms with E-state index in [1.807, 2.05) is 12.3 Å². The molecule has 136 valence electrons. The van der Waals surface area contributed by atoms with Gasteiger partial charge in [0.05, 0.1) is 0 Å². The topological polar surface area (TPSA) is 45.2 Å². The molecule has 1 aliphatic carbocycles. The Morgan fingerprint density at radius 2 is 1.88 bits per heavy atom. The van der Waals surface area contributed by atoms with Gasteiger partial charge in [0.1, 0.15) is 5.82 Å². The highest BCUT2D eigenvalue weighted by Gasteiger charge is 2.32. The number of piperidine rings is 1. The zero-order valence-electron chi connectivity index (χ0n) is 15.4. The summed E-state index contributed by atoms with van der Waals surface area (Å²) in [6.45, 7) is 5.57. The molecule has 0 radical (unpaired) electrons. The Labute approximate surface area is 155 Å². The van der Waals surface area contributed by atoms with Crippen LogP contribution in [-0.4, -0.2) is 28.9 Å². The number of benzene rings is 1. The molecular formula is C22H27N3O. The number of amides is 1. The van der Waals surface area contributed by atoms with Crippen LogP contribution in [0.5, 0.6) is 0 Å². The predicted molar refractivity (Wildman–Crippen MR) is 104 cm³/mol. The second-order valence-electron chi connectivity index (χ2n) is 8.02. The molecule has 1 aliphatic heterocycles. The molecular weight excluding hydrogens is 322 g/mol. The maximum Gasteiger partial charge on any atom is 0.228 e. The summed E-state index contributed by atoms with van der Waals surface area (Å²) in [6.07, 6.45) is 6.25. The monoisotopic (exact) mass is 349 g/mol. The number of anilines is 1. The average molecular weight is 349 g/mol. The van der Waals surface area contributed by atoms with Crippen molar-refractivity contribution < 1.29 is 4.79 Å². The van der Waals surface area contributed by atoms with Gasteiger partial charge in [0, 0.05) is 18.7 Å². The van der Waals surface area contributed by atoms with E-state index in [-0.39, 0.29) is 17.2 Å². The number of carbonyl (C=O) groups is 1. The van der Waals surface area contributed by atoms with Crippen molar-refractivity contribution >= 4 is 11.7 Å². The summed E-state index contributed by atoms with van der Waals surface area (Å²) in [5.41, 5.74) is 2.83. The number of hydrogen-bond donors (Lipinski definition) is 1. The zero-order chi connectivity index (χ0) is 18.0. The van der Waals surface area contributed by atoms with E-state index in [0.29, 0.717) is 5.82 Å². The summed E-state index contributed by atoms with van der Waals surface area (Å²) in [6, 6.07) is 14.8. The number of likely N-dealkylation sites (tertiary alicyclic amines) is 1. The number of carbonyl (C=O) groups excluding carboxylic acids is 1. The van der Waals surface area contributed by atoms with Crippen molar-refractivity contribution in [3.05, 3.63) is 59.8 Å². The van der Waals surface area contributed by atoms with Gasteiger partial charge in [-0.2, -0.15) is 0 Å². The van der Waals surface area contributed by atoms with Crippen molar-refractivity contribution in [1.82, 2.24) is 9.88 Å². The van der Waals surface area contributed by atoms with Crippen LogP contribution in [0.3, 0.4) is 0 Å². The van der Waals surface area contributed by atoms with Gasteiger partial charge in [0.15, 0.2) is 0 Å². The Bertz CT molecular complexity index is 745. The lowest BCUT2D eigenvalue weighted by Crippen LogP contribution is -2.40. The van der Waals surface area contributed by atoms with E-state index in [2.05, 4.69) is 58.5 Å². The Kier molecular flexibility index (Phi) is 4.77. The first-order valence-corrected chi connectivity index (χ1v) is 9.66. The molecule has 0 unspecified atom stereocenters. The van der Waals surface area contributed by atoms with E-state index < -0.39 is 0 Å². The molecule has 2 aliphatic rings. The van der Waals surface area contributed by atoms with Gasteiger partial charge in [-0.15, -0.1) is 0 Å². The molecule has 0 atom stereocenters. The van der Waals surface area contributed by atoms with Crippen molar-refractivity contribution in [1.29, 1.82) is 0 Å². The molecule has 1 amide bonds. The molecule has 1 saturated carbocycles. The van der Waals surface area contributed by atoms with Crippen molar-refractivity contribution in [2.75, 3.05) is 18.4 Å².